The summed E-state index contributed by atoms with van der Waals surface area (Å²) in [6, 6.07) is 4.70. The molecule has 1 unspecified atom stereocenters. The third-order valence-corrected chi connectivity index (χ3v) is 6.36. The Labute approximate surface area is 141 Å². The van der Waals surface area contributed by atoms with E-state index in [2.05, 4.69) is 10.6 Å². The average Bonchev–Trinajstić information content (AvgIpc) is 3.03. The zero-order valence-corrected chi connectivity index (χ0v) is 14.3. The normalized spacial score (nSPS) is 20.3. The third-order valence-electron chi connectivity index (χ3n) is 4.65. The molecule has 2 aliphatic rings. The molecule has 24 heavy (non-hydrogen) atoms. The monoisotopic (exact) mass is 350 g/mol. The largest absolute Gasteiger partial charge is 0.354 e. The van der Waals surface area contributed by atoms with Crippen LogP contribution in [0.4, 0.5) is 0 Å². The molecule has 1 saturated heterocycles. The van der Waals surface area contributed by atoms with E-state index in [4.69, 9.17) is 0 Å². The number of nitrogens with one attached hydrogen (secondary N) is 2. The fraction of sp³-hybridized carbons (Fsp3) is 0.529. The molecule has 2 amide bonds. The molecule has 1 aromatic rings. The van der Waals surface area contributed by atoms with Crippen molar-refractivity contribution in [1.29, 1.82) is 0 Å². The van der Waals surface area contributed by atoms with Crippen LogP contribution in [0, 0.1) is 0 Å². The summed E-state index contributed by atoms with van der Waals surface area (Å²) in [5.74, 6) is -0.843. The second-order valence-electron chi connectivity index (χ2n) is 6.41. The van der Waals surface area contributed by atoms with Gasteiger partial charge in [-0.25, -0.2) is 8.42 Å². The van der Waals surface area contributed by atoms with Gasteiger partial charge < -0.3 is 10.6 Å². The molecule has 1 aromatic carbocycles. The van der Waals surface area contributed by atoms with E-state index in [0.717, 1.165) is 31.2 Å². The zero-order chi connectivity index (χ0) is 17.2. The fourth-order valence-corrected chi connectivity index (χ4v) is 4.55. The van der Waals surface area contributed by atoms with Gasteiger partial charge in [-0.3, -0.25) is 9.59 Å². The van der Waals surface area contributed by atoms with E-state index in [1.807, 2.05) is 6.07 Å². The van der Waals surface area contributed by atoms with Crippen molar-refractivity contribution in [2.75, 3.05) is 12.3 Å². The summed E-state index contributed by atoms with van der Waals surface area (Å²) in [5.41, 5.74) is 2.31. The number of piperidine rings is 1. The molecular formula is C17H22N2O4S. The molecule has 7 heteroatoms. The van der Waals surface area contributed by atoms with Crippen LogP contribution < -0.4 is 10.6 Å². The van der Waals surface area contributed by atoms with Gasteiger partial charge in [0.2, 0.25) is 11.8 Å². The van der Waals surface area contributed by atoms with E-state index < -0.39 is 21.8 Å². The Balaban J connectivity index is 1.58. The Morgan fingerprint density at radius 1 is 1.21 bits per heavy atom. The van der Waals surface area contributed by atoms with Crippen molar-refractivity contribution in [1.82, 2.24) is 10.6 Å². The molecule has 3 rings (SSSR count). The molecule has 0 bridgehead atoms. The minimum Gasteiger partial charge on any atom is -0.354 e. The lowest BCUT2D eigenvalue weighted by Gasteiger charge is -2.22. The Morgan fingerprint density at radius 2 is 2.00 bits per heavy atom. The number of rotatable bonds is 5. The van der Waals surface area contributed by atoms with Crippen LogP contribution in [0.25, 0.3) is 0 Å². The second kappa shape index (κ2) is 6.93. The van der Waals surface area contributed by atoms with E-state index >= 15 is 0 Å². The number of benzene rings is 1. The highest BCUT2D eigenvalue weighted by Crippen LogP contribution is 2.25. The first-order valence-electron chi connectivity index (χ1n) is 8.37. The highest BCUT2D eigenvalue weighted by Gasteiger charge is 2.25. The molecule has 6 nitrogen and oxygen atoms in total. The van der Waals surface area contributed by atoms with E-state index in [-0.39, 0.29) is 23.0 Å². The van der Waals surface area contributed by atoms with Crippen molar-refractivity contribution in [3.8, 4) is 0 Å². The smallest absolute Gasteiger partial charge is 0.242 e. The van der Waals surface area contributed by atoms with Gasteiger partial charge in [0.25, 0.3) is 0 Å². The number of carbonyl (C=O) groups excluding carboxylic acids is 2. The maximum Gasteiger partial charge on any atom is 0.242 e. The molecule has 1 heterocycles. The third kappa shape index (κ3) is 3.77. The topological polar surface area (TPSA) is 92.3 Å². The van der Waals surface area contributed by atoms with Crippen molar-refractivity contribution < 1.29 is 18.0 Å². The van der Waals surface area contributed by atoms with Gasteiger partial charge in [0.15, 0.2) is 9.84 Å². The van der Waals surface area contributed by atoms with E-state index in [1.165, 1.54) is 5.56 Å². The summed E-state index contributed by atoms with van der Waals surface area (Å²) in [6.45, 7) is 0.623. The number of amides is 2. The molecule has 1 atom stereocenters. The van der Waals surface area contributed by atoms with Gasteiger partial charge >= 0.3 is 0 Å². The van der Waals surface area contributed by atoms with Crippen molar-refractivity contribution in [2.24, 2.45) is 0 Å². The summed E-state index contributed by atoms with van der Waals surface area (Å²) in [7, 11) is -3.49. The van der Waals surface area contributed by atoms with Gasteiger partial charge in [0.1, 0.15) is 6.04 Å². The summed E-state index contributed by atoms with van der Waals surface area (Å²) >= 11 is 0. The molecule has 0 radical (unpaired) electrons. The number of sulfone groups is 1. The lowest BCUT2D eigenvalue weighted by molar-refractivity contribution is -0.129. The van der Waals surface area contributed by atoms with E-state index in [9.17, 15) is 18.0 Å². The maximum atomic E-state index is 12.4. The number of hydrogen-bond acceptors (Lipinski definition) is 4. The molecule has 0 aromatic heterocycles. The van der Waals surface area contributed by atoms with Crippen molar-refractivity contribution in [2.45, 2.75) is 49.5 Å². The lowest BCUT2D eigenvalue weighted by atomic mass is 10.1. The molecule has 1 aliphatic carbocycles. The van der Waals surface area contributed by atoms with Crippen LogP contribution in [0.3, 0.4) is 0 Å². The van der Waals surface area contributed by atoms with E-state index in [0.29, 0.717) is 13.0 Å². The zero-order valence-electron chi connectivity index (χ0n) is 13.5. The molecule has 2 N–H and O–H groups in total. The van der Waals surface area contributed by atoms with Gasteiger partial charge in [-0.1, -0.05) is 6.07 Å². The van der Waals surface area contributed by atoms with Crippen molar-refractivity contribution in [3.05, 3.63) is 29.3 Å². The van der Waals surface area contributed by atoms with Gasteiger partial charge in [0, 0.05) is 13.0 Å². The number of carbonyl (C=O) groups is 2. The highest BCUT2D eigenvalue weighted by atomic mass is 32.2. The number of fused-ring (bicyclic) bond motifs is 1. The van der Waals surface area contributed by atoms with Crippen LogP contribution >= 0.6 is 0 Å². The van der Waals surface area contributed by atoms with Crippen LogP contribution in [0.15, 0.2) is 23.1 Å². The Bertz CT molecular complexity index is 758. The van der Waals surface area contributed by atoms with Crippen LogP contribution in [-0.4, -0.2) is 38.6 Å². The van der Waals surface area contributed by atoms with Gasteiger partial charge in [-0.2, -0.15) is 0 Å². The molecule has 0 spiro atoms. The van der Waals surface area contributed by atoms with Crippen LogP contribution in [-0.2, 0) is 32.3 Å². The SMILES string of the molecule is O=C(CCS(=O)(=O)c1ccc2c(c1)CCC2)NC1CCCNC1=O. The first-order valence-corrected chi connectivity index (χ1v) is 10.0. The first kappa shape index (κ1) is 17.0. The summed E-state index contributed by atoms with van der Waals surface area (Å²) < 4.78 is 24.9. The van der Waals surface area contributed by atoms with Crippen molar-refractivity contribution >= 4 is 21.7 Å². The summed E-state index contributed by atoms with van der Waals surface area (Å²) in [5, 5.41) is 5.31. The van der Waals surface area contributed by atoms with Crippen LogP contribution in [0.5, 0.6) is 0 Å². The summed E-state index contributed by atoms with van der Waals surface area (Å²) in [6.07, 6.45) is 4.24. The quantitative estimate of drug-likeness (QED) is 0.819. The average molecular weight is 350 g/mol. The molecule has 1 fully saturated rings. The van der Waals surface area contributed by atoms with Gasteiger partial charge in [-0.05, 0) is 55.4 Å². The minimum atomic E-state index is -3.49. The molecule has 1 aliphatic heterocycles. The van der Waals surface area contributed by atoms with E-state index in [1.54, 1.807) is 12.1 Å². The Morgan fingerprint density at radius 3 is 2.79 bits per heavy atom. The molecular weight excluding hydrogens is 328 g/mol. The Kier molecular flexibility index (Phi) is 4.89. The molecule has 0 saturated carbocycles. The summed E-state index contributed by atoms with van der Waals surface area (Å²) in [4.78, 5) is 23.9. The predicted molar refractivity (Wildman–Crippen MR) is 89.3 cm³/mol. The van der Waals surface area contributed by atoms with Crippen LogP contribution in [0.2, 0.25) is 0 Å². The molecule has 130 valence electrons. The number of hydrogen-bond donors (Lipinski definition) is 2. The van der Waals surface area contributed by atoms with Crippen LogP contribution in [0.1, 0.15) is 36.8 Å². The fourth-order valence-electron chi connectivity index (χ4n) is 3.26. The lowest BCUT2D eigenvalue weighted by Crippen LogP contribution is -2.50. The first-order chi connectivity index (χ1) is 11.5. The van der Waals surface area contributed by atoms with Crippen molar-refractivity contribution in [3.63, 3.8) is 0 Å². The van der Waals surface area contributed by atoms with Gasteiger partial charge in [0.05, 0.1) is 10.6 Å². The predicted octanol–water partition coefficient (Wildman–Crippen LogP) is 0.734. The van der Waals surface area contributed by atoms with Gasteiger partial charge in [-0.15, -0.1) is 0 Å². The number of aryl methyl sites for hydroxylation is 2. The minimum absolute atomic E-state index is 0.136. The second-order valence-corrected chi connectivity index (χ2v) is 8.52. The maximum absolute atomic E-state index is 12.4. The standard InChI is InChI=1S/C17H22N2O4S/c20-16(19-15-5-2-9-18-17(15)21)8-10-24(22,23)14-7-6-12-3-1-4-13(12)11-14/h6-7,11,15H,1-5,8-10H2,(H,18,21)(H,19,20). The highest BCUT2D eigenvalue weighted by molar-refractivity contribution is 7.91. The Hall–Kier alpha value is -1.89.